The summed E-state index contributed by atoms with van der Waals surface area (Å²) < 4.78 is 11.8. The Morgan fingerprint density at radius 3 is 2.35 bits per heavy atom. The van der Waals surface area contributed by atoms with Crippen LogP contribution in [0.15, 0.2) is 42.5 Å². The summed E-state index contributed by atoms with van der Waals surface area (Å²) in [4.78, 5) is 0. The monoisotopic (exact) mass is 336 g/mol. The first-order valence-corrected chi connectivity index (χ1v) is 11.2. The molecule has 2 atom stereocenters. The largest absolute Gasteiger partial charge is 0.411 e. The van der Waals surface area contributed by atoms with Crippen LogP contribution in [0.4, 0.5) is 0 Å². The summed E-state index contributed by atoms with van der Waals surface area (Å²) >= 11 is 0. The molecule has 1 rings (SSSR count). The van der Waals surface area contributed by atoms with E-state index in [1.54, 1.807) is 6.08 Å². The van der Waals surface area contributed by atoms with Crippen molar-refractivity contribution in [2.75, 3.05) is 6.61 Å². The van der Waals surface area contributed by atoms with E-state index in [0.717, 1.165) is 5.56 Å². The van der Waals surface area contributed by atoms with Crippen LogP contribution >= 0.6 is 0 Å². The van der Waals surface area contributed by atoms with Crippen LogP contribution in [0.25, 0.3) is 0 Å². The molecule has 0 heterocycles. The van der Waals surface area contributed by atoms with E-state index in [-0.39, 0.29) is 11.1 Å². The lowest BCUT2D eigenvalue weighted by molar-refractivity contribution is 0.0683. The van der Waals surface area contributed by atoms with Gasteiger partial charge in [0.1, 0.15) is 0 Å². The van der Waals surface area contributed by atoms with E-state index >= 15 is 0 Å². The van der Waals surface area contributed by atoms with Gasteiger partial charge in [-0.3, -0.25) is 0 Å². The highest BCUT2D eigenvalue weighted by atomic mass is 28.4. The fourth-order valence-electron chi connectivity index (χ4n) is 1.88. The highest BCUT2D eigenvalue weighted by Gasteiger charge is 2.39. The van der Waals surface area contributed by atoms with Gasteiger partial charge in [0.2, 0.25) is 0 Å². The predicted molar refractivity (Wildman–Crippen MR) is 99.0 cm³/mol. The minimum atomic E-state index is -1.85. The minimum absolute atomic E-state index is 0.142. The first kappa shape index (κ1) is 20.1. The molecule has 0 saturated heterocycles. The van der Waals surface area contributed by atoms with E-state index in [1.807, 2.05) is 43.3 Å². The lowest BCUT2D eigenvalue weighted by Gasteiger charge is -2.39. The molecule has 0 aliphatic rings. The number of aliphatic hydroxyl groups excluding tert-OH is 1. The van der Waals surface area contributed by atoms with E-state index in [4.69, 9.17) is 9.16 Å². The lowest BCUT2D eigenvalue weighted by atomic mass is 10.2. The van der Waals surface area contributed by atoms with Crippen molar-refractivity contribution in [2.24, 2.45) is 0 Å². The summed E-state index contributed by atoms with van der Waals surface area (Å²) in [6.07, 6.45) is 2.81. The van der Waals surface area contributed by atoms with Crippen molar-refractivity contribution >= 4 is 8.32 Å². The van der Waals surface area contributed by atoms with E-state index in [0.29, 0.717) is 13.2 Å². The molecule has 0 amide bonds. The van der Waals surface area contributed by atoms with Gasteiger partial charge in [-0.05, 0) is 30.6 Å². The SMILES string of the molecule is C[C@H](O[Si](C)(C)C(C)(C)C)[C@@H](O)/C=C/COCc1ccccc1. The molecule has 1 N–H and O–H groups in total. The molecule has 23 heavy (non-hydrogen) atoms. The molecule has 0 bridgehead atoms. The fourth-order valence-corrected chi connectivity index (χ4v) is 3.30. The smallest absolute Gasteiger partial charge is 0.192 e. The summed E-state index contributed by atoms with van der Waals surface area (Å²) in [6, 6.07) is 10.1. The van der Waals surface area contributed by atoms with Gasteiger partial charge in [-0.2, -0.15) is 0 Å². The zero-order valence-corrected chi connectivity index (χ0v) is 16.4. The van der Waals surface area contributed by atoms with Crippen LogP contribution in [-0.4, -0.2) is 32.2 Å². The van der Waals surface area contributed by atoms with Crippen LogP contribution in [0.2, 0.25) is 18.1 Å². The third kappa shape index (κ3) is 7.00. The van der Waals surface area contributed by atoms with Gasteiger partial charge >= 0.3 is 0 Å². The summed E-state index contributed by atoms with van der Waals surface area (Å²) in [5.41, 5.74) is 1.15. The highest BCUT2D eigenvalue weighted by Crippen LogP contribution is 2.37. The molecule has 1 aromatic rings. The Kier molecular flexibility index (Phi) is 7.68. The van der Waals surface area contributed by atoms with Gasteiger partial charge < -0.3 is 14.3 Å². The Labute approximate surface area is 142 Å². The molecule has 0 saturated carbocycles. The Morgan fingerprint density at radius 1 is 1.17 bits per heavy atom. The number of hydrogen-bond donors (Lipinski definition) is 1. The Hall–Kier alpha value is -0.943. The van der Waals surface area contributed by atoms with E-state index < -0.39 is 14.4 Å². The topological polar surface area (TPSA) is 38.7 Å². The molecule has 0 unspecified atom stereocenters. The number of rotatable bonds is 8. The van der Waals surface area contributed by atoms with Crippen LogP contribution in [0.1, 0.15) is 33.3 Å². The van der Waals surface area contributed by atoms with Gasteiger partial charge in [0, 0.05) is 0 Å². The third-order valence-electron chi connectivity index (χ3n) is 4.43. The van der Waals surface area contributed by atoms with Crippen molar-refractivity contribution in [3.63, 3.8) is 0 Å². The standard InChI is InChI=1S/C19H32O3Si/c1-16(22-23(5,6)19(2,3)4)18(20)13-10-14-21-15-17-11-8-7-9-12-17/h7-13,16,18,20H,14-15H2,1-6H3/b13-10+/t16-,18-/m0/s1. The average molecular weight is 337 g/mol. The predicted octanol–water partition coefficient (Wildman–Crippen LogP) is 4.53. The number of hydrogen-bond acceptors (Lipinski definition) is 3. The molecule has 0 radical (unpaired) electrons. The van der Waals surface area contributed by atoms with Crippen LogP contribution in [0.5, 0.6) is 0 Å². The highest BCUT2D eigenvalue weighted by molar-refractivity contribution is 6.74. The van der Waals surface area contributed by atoms with E-state index in [2.05, 4.69) is 33.9 Å². The van der Waals surface area contributed by atoms with Gasteiger partial charge in [-0.15, -0.1) is 0 Å². The first-order chi connectivity index (χ1) is 10.6. The van der Waals surface area contributed by atoms with Crippen LogP contribution in [0.3, 0.4) is 0 Å². The summed E-state index contributed by atoms with van der Waals surface area (Å²) in [5.74, 6) is 0. The molecule has 3 nitrogen and oxygen atoms in total. The van der Waals surface area contributed by atoms with E-state index in [1.165, 1.54) is 0 Å². The molecular weight excluding hydrogens is 304 g/mol. The molecule has 0 aromatic heterocycles. The summed E-state index contributed by atoms with van der Waals surface area (Å²) in [6.45, 7) is 14.0. The van der Waals surface area contributed by atoms with Gasteiger partial charge in [0.25, 0.3) is 0 Å². The second-order valence-electron chi connectivity index (χ2n) is 7.50. The second-order valence-corrected chi connectivity index (χ2v) is 12.3. The lowest BCUT2D eigenvalue weighted by Crippen LogP contribution is -2.45. The van der Waals surface area contributed by atoms with Crippen LogP contribution < -0.4 is 0 Å². The molecule has 0 aliphatic heterocycles. The van der Waals surface area contributed by atoms with Crippen LogP contribution in [-0.2, 0) is 15.8 Å². The Balaban J connectivity index is 2.35. The number of ether oxygens (including phenoxy) is 1. The average Bonchev–Trinajstić information content (AvgIpc) is 2.46. The summed E-state index contributed by atoms with van der Waals surface area (Å²) in [5, 5.41) is 10.4. The molecule has 0 fully saturated rings. The third-order valence-corrected chi connectivity index (χ3v) is 9.00. The van der Waals surface area contributed by atoms with Crippen molar-refractivity contribution in [3.05, 3.63) is 48.0 Å². The molecule has 0 aliphatic carbocycles. The molecule has 0 spiro atoms. The quantitative estimate of drug-likeness (QED) is 0.430. The maximum Gasteiger partial charge on any atom is 0.192 e. The van der Waals surface area contributed by atoms with Gasteiger partial charge in [0.05, 0.1) is 25.4 Å². The number of benzene rings is 1. The van der Waals surface area contributed by atoms with Crippen molar-refractivity contribution < 1.29 is 14.3 Å². The number of aliphatic hydroxyl groups is 1. The molecular formula is C19H32O3Si. The van der Waals surface area contributed by atoms with Gasteiger partial charge in [-0.1, -0.05) is 63.3 Å². The van der Waals surface area contributed by atoms with Crippen molar-refractivity contribution in [1.29, 1.82) is 0 Å². The van der Waals surface area contributed by atoms with Crippen molar-refractivity contribution in [1.82, 2.24) is 0 Å². The minimum Gasteiger partial charge on any atom is -0.411 e. The van der Waals surface area contributed by atoms with Crippen LogP contribution in [0, 0.1) is 0 Å². The zero-order valence-electron chi connectivity index (χ0n) is 15.4. The van der Waals surface area contributed by atoms with Gasteiger partial charge in [0.15, 0.2) is 8.32 Å². The molecule has 1 aromatic carbocycles. The van der Waals surface area contributed by atoms with Gasteiger partial charge in [-0.25, -0.2) is 0 Å². The van der Waals surface area contributed by atoms with Crippen molar-refractivity contribution in [3.8, 4) is 0 Å². The molecule has 4 heteroatoms. The second kappa shape index (κ2) is 8.78. The van der Waals surface area contributed by atoms with Crippen molar-refractivity contribution in [2.45, 2.75) is 64.6 Å². The Morgan fingerprint density at radius 2 is 1.78 bits per heavy atom. The maximum atomic E-state index is 10.2. The summed E-state index contributed by atoms with van der Waals surface area (Å²) in [7, 11) is -1.85. The first-order valence-electron chi connectivity index (χ1n) is 8.28. The molecule has 130 valence electrons. The maximum absolute atomic E-state index is 10.2. The Bertz CT molecular complexity index is 477. The van der Waals surface area contributed by atoms with E-state index in [9.17, 15) is 5.11 Å². The normalized spacial score (nSPS) is 15.8. The zero-order chi connectivity index (χ0) is 17.5. The fraction of sp³-hybridized carbons (Fsp3) is 0.579.